The lowest BCUT2D eigenvalue weighted by molar-refractivity contribution is 0.163. The summed E-state index contributed by atoms with van der Waals surface area (Å²) < 4.78 is 0. The van der Waals surface area contributed by atoms with Crippen molar-refractivity contribution in [2.45, 2.75) is 66.0 Å². The zero-order valence-corrected chi connectivity index (χ0v) is 13.1. The van der Waals surface area contributed by atoms with Gasteiger partial charge in [0.2, 0.25) is 0 Å². The molecule has 0 saturated heterocycles. The van der Waals surface area contributed by atoms with Crippen LogP contribution in [0.25, 0.3) is 0 Å². The Bertz CT molecular complexity index is 205. The quantitative estimate of drug-likeness (QED) is 0.766. The third kappa shape index (κ3) is 5.21. The van der Waals surface area contributed by atoms with E-state index in [9.17, 15) is 0 Å². The molecule has 17 heavy (non-hydrogen) atoms. The second-order valence-corrected chi connectivity index (χ2v) is 7.48. The molecule has 4 unspecified atom stereocenters. The van der Waals surface area contributed by atoms with Crippen LogP contribution >= 0.6 is 11.8 Å². The summed E-state index contributed by atoms with van der Waals surface area (Å²) >= 11 is 2.05. The van der Waals surface area contributed by atoms with E-state index in [0.717, 1.165) is 23.8 Å². The Balaban J connectivity index is 2.45. The van der Waals surface area contributed by atoms with Crippen molar-refractivity contribution in [3.63, 3.8) is 0 Å². The molecule has 1 nitrogen and oxygen atoms in total. The number of nitrogens with one attached hydrogen (secondary N) is 1. The topological polar surface area (TPSA) is 12.0 Å². The summed E-state index contributed by atoms with van der Waals surface area (Å²) in [5.74, 6) is 5.12. The van der Waals surface area contributed by atoms with E-state index >= 15 is 0 Å². The summed E-state index contributed by atoms with van der Waals surface area (Å²) in [6.45, 7) is 11.8. The molecule has 0 amide bonds. The first kappa shape index (κ1) is 15.4. The van der Waals surface area contributed by atoms with Gasteiger partial charge in [0, 0.05) is 17.8 Å². The smallest absolute Gasteiger partial charge is 0.0132 e. The van der Waals surface area contributed by atoms with Gasteiger partial charge < -0.3 is 5.32 Å². The van der Waals surface area contributed by atoms with Gasteiger partial charge in [-0.3, -0.25) is 0 Å². The summed E-state index contributed by atoms with van der Waals surface area (Å²) in [6, 6.07) is 1.42. The Labute approximate surface area is 113 Å². The van der Waals surface area contributed by atoms with Crippen LogP contribution in [-0.2, 0) is 0 Å². The van der Waals surface area contributed by atoms with Crippen LogP contribution in [0.15, 0.2) is 0 Å². The van der Waals surface area contributed by atoms with Crippen LogP contribution in [0.1, 0.15) is 53.9 Å². The molecule has 0 radical (unpaired) electrons. The van der Waals surface area contributed by atoms with Gasteiger partial charge in [-0.25, -0.2) is 0 Å². The zero-order valence-electron chi connectivity index (χ0n) is 12.3. The van der Waals surface area contributed by atoms with Crippen LogP contribution < -0.4 is 5.32 Å². The second-order valence-electron chi connectivity index (χ2n) is 6.16. The molecule has 0 aliphatic heterocycles. The summed E-state index contributed by atoms with van der Waals surface area (Å²) in [6.07, 6.45) is 4.23. The average Bonchev–Trinajstić information content (AvgIpc) is 2.26. The third-order valence-electron chi connectivity index (χ3n) is 4.09. The molecular formula is C15H31NS. The number of rotatable bonds is 6. The molecule has 0 bridgehead atoms. The van der Waals surface area contributed by atoms with Crippen molar-refractivity contribution in [2.75, 3.05) is 11.5 Å². The number of hydrogen-bond donors (Lipinski definition) is 1. The first-order chi connectivity index (χ1) is 8.04. The van der Waals surface area contributed by atoms with Gasteiger partial charge in [0.25, 0.3) is 0 Å². The molecule has 1 fully saturated rings. The van der Waals surface area contributed by atoms with Gasteiger partial charge in [-0.05, 0) is 43.3 Å². The molecule has 1 saturated carbocycles. The Morgan fingerprint density at radius 1 is 1.24 bits per heavy atom. The molecule has 1 rings (SSSR count). The Kier molecular flexibility index (Phi) is 6.94. The van der Waals surface area contributed by atoms with Crippen LogP contribution in [0.3, 0.4) is 0 Å². The average molecular weight is 257 g/mol. The first-order valence-corrected chi connectivity index (χ1v) is 8.53. The first-order valence-electron chi connectivity index (χ1n) is 7.38. The monoisotopic (exact) mass is 257 g/mol. The Morgan fingerprint density at radius 3 is 2.53 bits per heavy atom. The van der Waals surface area contributed by atoms with Crippen molar-refractivity contribution in [3.8, 4) is 0 Å². The molecule has 0 heterocycles. The highest BCUT2D eigenvalue weighted by Gasteiger charge is 2.31. The van der Waals surface area contributed by atoms with E-state index in [4.69, 9.17) is 0 Å². The molecular weight excluding hydrogens is 226 g/mol. The zero-order chi connectivity index (χ0) is 12.8. The maximum Gasteiger partial charge on any atom is 0.0132 e. The second kappa shape index (κ2) is 7.68. The molecule has 0 aromatic carbocycles. The van der Waals surface area contributed by atoms with E-state index in [1.807, 2.05) is 0 Å². The van der Waals surface area contributed by atoms with Gasteiger partial charge in [-0.15, -0.1) is 0 Å². The highest BCUT2D eigenvalue weighted by atomic mass is 32.2. The largest absolute Gasteiger partial charge is 0.310 e. The minimum absolute atomic E-state index is 0.663. The molecule has 102 valence electrons. The van der Waals surface area contributed by atoms with E-state index < -0.39 is 0 Å². The summed E-state index contributed by atoms with van der Waals surface area (Å²) in [5.41, 5.74) is 0. The summed E-state index contributed by atoms with van der Waals surface area (Å²) in [4.78, 5) is 0. The maximum absolute atomic E-state index is 3.89. The van der Waals surface area contributed by atoms with Gasteiger partial charge in [-0.2, -0.15) is 11.8 Å². The Hall–Kier alpha value is 0.310. The molecule has 0 spiro atoms. The number of hydrogen-bond acceptors (Lipinski definition) is 2. The van der Waals surface area contributed by atoms with Crippen LogP contribution in [0.4, 0.5) is 0 Å². The van der Waals surface area contributed by atoms with Crippen molar-refractivity contribution >= 4 is 11.8 Å². The normalized spacial score (nSPS) is 31.8. The Morgan fingerprint density at radius 2 is 1.94 bits per heavy atom. The van der Waals surface area contributed by atoms with Crippen LogP contribution in [0.2, 0.25) is 0 Å². The van der Waals surface area contributed by atoms with Gasteiger partial charge in [0.05, 0.1) is 0 Å². The highest BCUT2D eigenvalue weighted by Crippen LogP contribution is 2.33. The van der Waals surface area contributed by atoms with Crippen molar-refractivity contribution in [2.24, 2.45) is 17.8 Å². The molecule has 0 aromatic rings. The van der Waals surface area contributed by atoms with Gasteiger partial charge in [0.1, 0.15) is 0 Å². The van der Waals surface area contributed by atoms with E-state index in [1.54, 1.807) is 0 Å². The van der Waals surface area contributed by atoms with E-state index in [-0.39, 0.29) is 0 Å². The maximum atomic E-state index is 3.89. The molecule has 2 heteroatoms. The van der Waals surface area contributed by atoms with Crippen LogP contribution in [0, 0.1) is 17.8 Å². The van der Waals surface area contributed by atoms with E-state index in [2.05, 4.69) is 51.7 Å². The fraction of sp³-hybridized carbons (Fsp3) is 1.00. The summed E-state index contributed by atoms with van der Waals surface area (Å²) in [5, 5.41) is 3.89. The van der Waals surface area contributed by atoms with Gasteiger partial charge >= 0.3 is 0 Å². The predicted molar refractivity (Wildman–Crippen MR) is 80.7 cm³/mol. The molecule has 1 N–H and O–H groups in total. The van der Waals surface area contributed by atoms with Crippen LogP contribution in [0.5, 0.6) is 0 Å². The van der Waals surface area contributed by atoms with Crippen molar-refractivity contribution in [1.82, 2.24) is 5.32 Å². The van der Waals surface area contributed by atoms with Crippen molar-refractivity contribution in [1.29, 1.82) is 0 Å². The summed E-state index contributed by atoms with van der Waals surface area (Å²) in [7, 11) is 0. The van der Waals surface area contributed by atoms with E-state index in [0.29, 0.717) is 6.04 Å². The minimum Gasteiger partial charge on any atom is -0.310 e. The van der Waals surface area contributed by atoms with E-state index in [1.165, 1.54) is 30.8 Å². The standard InChI is InChI=1S/C15H31NS/c1-6-17-10-13(5)16-15-9-12(4)7-8-14(15)11(2)3/h11-16H,6-10H2,1-5H3. The van der Waals surface area contributed by atoms with Crippen LogP contribution in [-0.4, -0.2) is 23.6 Å². The van der Waals surface area contributed by atoms with Gasteiger partial charge in [0.15, 0.2) is 0 Å². The molecule has 0 aromatic heterocycles. The SMILES string of the molecule is CCSCC(C)NC1CC(C)CCC1C(C)C. The van der Waals surface area contributed by atoms with Crippen molar-refractivity contribution < 1.29 is 0 Å². The molecule has 1 aliphatic carbocycles. The number of thioether (sulfide) groups is 1. The van der Waals surface area contributed by atoms with Crippen molar-refractivity contribution in [3.05, 3.63) is 0 Å². The highest BCUT2D eigenvalue weighted by molar-refractivity contribution is 7.99. The lowest BCUT2D eigenvalue weighted by Crippen LogP contribution is -2.47. The third-order valence-corrected chi connectivity index (χ3v) is 5.24. The fourth-order valence-corrected chi connectivity index (χ4v) is 3.79. The lowest BCUT2D eigenvalue weighted by atomic mass is 9.74. The van der Waals surface area contributed by atoms with Gasteiger partial charge in [-0.1, -0.05) is 34.1 Å². The predicted octanol–water partition coefficient (Wildman–Crippen LogP) is 4.18. The molecule has 1 aliphatic rings. The fourth-order valence-electron chi connectivity index (χ4n) is 3.10. The molecule has 4 atom stereocenters. The minimum atomic E-state index is 0.663. The lowest BCUT2D eigenvalue weighted by Gasteiger charge is -2.39.